The molecule has 0 spiro atoms. The van der Waals surface area contributed by atoms with E-state index in [1.54, 1.807) is 26.0 Å². The number of hydrogen-bond acceptors (Lipinski definition) is 8. The summed E-state index contributed by atoms with van der Waals surface area (Å²) in [5.74, 6) is -3.84. The molecular formula is C27H30N2O6. The number of benzene rings is 1. The first-order chi connectivity index (χ1) is 16.5. The molecule has 5 rings (SSSR count). The molecule has 0 saturated heterocycles. The Labute approximate surface area is 203 Å². The molecule has 0 bridgehead atoms. The predicted octanol–water partition coefficient (Wildman–Crippen LogP) is 2.65. The van der Waals surface area contributed by atoms with Crippen molar-refractivity contribution >= 4 is 11.8 Å². The molecule has 4 aliphatic rings. The number of carbonyl (C=O) groups is 2. The van der Waals surface area contributed by atoms with Gasteiger partial charge in [-0.15, -0.1) is 5.11 Å². The number of Topliss-reactive ketones (excluding diaryl/α,β-unsaturated/α-hetero) is 1. The van der Waals surface area contributed by atoms with Gasteiger partial charge in [-0.2, -0.15) is 5.11 Å². The number of azo groups is 1. The monoisotopic (exact) mass is 478 g/mol. The van der Waals surface area contributed by atoms with Crippen molar-refractivity contribution in [3.63, 3.8) is 0 Å². The van der Waals surface area contributed by atoms with Crippen molar-refractivity contribution in [3.05, 3.63) is 71.5 Å². The third-order valence-electron chi connectivity index (χ3n) is 8.25. The highest BCUT2D eigenvalue weighted by atomic mass is 16.6. The Bertz CT molecular complexity index is 1190. The summed E-state index contributed by atoms with van der Waals surface area (Å²) in [6.07, 6.45) is 3.44. The lowest BCUT2D eigenvalue weighted by molar-refractivity contribution is -0.216. The number of ether oxygens (including phenoxy) is 1. The number of esters is 1. The normalized spacial score (nSPS) is 39.8. The molecule has 3 N–H and O–H groups in total. The van der Waals surface area contributed by atoms with Gasteiger partial charge in [0.15, 0.2) is 5.78 Å². The van der Waals surface area contributed by atoms with Gasteiger partial charge in [-0.05, 0) is 29.6 Å². The van der Waals surface area contributed by atoms with Gasteiger partial charge in [0.1, 0.15) is 5.60 Å². The quantitative estimate of drug-likeness (QED) is 0.451. The summed E-state index contributed by atoms with van der Waals surface area (Å²) in [7, 11) is 0. The average molecular weight is 479 g/mol. The first-order valence-corrected chi connectivity index (χ1v) is 11.9. The van der Waals surface area contributed by atoms with Crippen molar-refractivity contribution in [2.75, 3.05) is 6.61 Å². The highest BCUT2D eigenvalue weighted by Crippen LogP contribution is 2.62. The topological polar surface area (TPSA) is 129 Å². The van der Waals surface area contributed by atoms with Gasteiger partial charge in [0.05, 0.1) is 30.2 Å². The minimum Gasteiger partial charge on any atom is -0.434 e. The molecule has 3 aliphatic carbocycles. The maximum atomic E-state index is 13.0. The number of aliphatic hydroxyl groups excluding tert-OH is 1. The molecule has 0 radical (unpaired) electrons. The molecular weight excluding hydrogens is 448 g/mol. The van der Waals surface area contributed by atoms with Crippen molar-refractivity contribution in [2.24, 2.45) is 33.9 Å². The van der Waals surface area contributed by atoms with E-state index in [1.165, 1.54) is 0 Å². The Hall–Kier alpha value is -2.94. The summed E-state index contributed by atoms with van der Waals surface area (Å²) in [6.45, 7) is 7.07. The van der Waals surface area contributed by atoms with E-state index in [0.29, 0.717) is 16.8 Å². The van der Waals surface area contributed by atoms with Crippen LogP contribution in [0.4, 0.5) is 0 Å². The van der Waals surface area contributed by atoms with Crippen LogP contribution < -0.4 is 0 Å². The Morgan fingerprint density at radius 2 is 1.94 bits per heavy atom. The third kappa shape index (κ3) is 3.38. The van der Waals surface area contributed by atoms with Gasteiger partial charge >= 0.3 is 5.97 Å². The van der Waals surface area contributed by atoms with Crippen LogP contribution in [0.1, 0.15) is 32.3 Å². The van der Waals surface area contributed by atoms with Crippen LogP contribution >= 0.6 is 0 Å². The Morgan fingerprint density at radius 3 is 2.63 bits per heavy atom. The second-order valence-corrected chi connectivity index (χ2v) is 10.4. The summed E-state index contributed by atoms with van der Waals surface area (Å²) in [6, 6.07) is 9.22. The van der Waals surface area contributed by atoms with Crippen LogP contribution in [0, 0.1) is 23.7 Å². The molecule has 0 amide bonds. The summed E-state index contributed by atoms with van der Waals surface area (Å²) >= 11 is 0. The van der Waals surface area contributed by atoms with Gasteiger partial charge in [-0.3, -0.25) is 9.59 Å². The fourth-order valence-corrected chi connectivity index (χ4v) is 6.67. The highest BCUT2D eigenvalue weighted by Gasteiger charge is 2.70. The first kappa shape index (κ1) is 23.8. The van der Waals surface area contributed by atoms with Crippen LogP contribution in [0.15, 0.2) is 76.1 Å². The fraction of sp³-hybridized carbons (Fsp3) is 0.481. The molecule has 1 aromatic carbocycles. The van der Waals surface area contributed by atoms with Gasteiger partial charge in [-0.1, -0.05) is 56.0 Å². The molecule has 7 atom stereocenters. The average Bonchev–Trinajstić information content (AvgIpc) is 3.21. The van der Waals surface area contributed by atoms with E-state index in [0.717, 1.165) is 5.56 Å². The van der Waals surface area contributed by atoms with Crippen LogP contribution in [0.2, 0.25) is 0 Å². The van der Waals surface area contributed by atoms with E-state index in [4.69, 9.17) is 4.74 Å². The second kappa shape index (κ2) is 8.05. The largest absolute Gasteiger partial charge is 0.434 e. The predicted molar refractivity (Wildman–Crippen MR) is 126 cm³/mol. The molecule has 1 heterocycles. The minimum absolute atomic E-state index is 0.0527. The Balaban J connectivity index is 1.57. The summed E-state index contributed by atoms with van der Waals surface area (Å²) < 4.78 is 6.02. The lowest BCUT2D eigenvalue weighted by Gasteiger charge is -2.55. The van der Waals surface area contributed by atoms with Crippen LogP contribution in [0.25, 0.3) is 0 Å². The Morgan fingerprint density at radius 1 is 1.23 bits per heavy atom. The molecule has 1 aliphatic heterocycles. The van der Waals surface area contributed by atoms with Crippen molar-refractivity contribution < 1.29 is 29.6 Å². The van der Waals surface area contributed by atoms with E-state index >= 15 is 0 Å². The molecule has 35 heavy (non-hydrogen) atoms. The lowest BCUT2D eigenvalue weighted by atomic mass is 9.54. The van der Waals surface area contributed by atoms with Crippen LogP contribution in [-0.4, -0.2) is 50.6 Å². The zero-order valence-corrected chi connectivity index (χ0v) is 19.8. The molecule has 0 unspecified atom stereocenters. The van der Waals surface area contributed by atoms with Gasteiger partial charge in [0, 0.05) is 24.7 Å². The molecule has 1 fully saturated rings. The number of aliphatic hydroxyl groups is 3. The van der Waals surface area contributed by atoms with Crippen LogP contribution in [-0.2, 0) is 20.7 Å². The fourth-order valence-electron chi connectivity index (χ4n) is 6.67. The Kier molecular flexibility index (Phi) is 5.47. The minimum atomic E-state index is -1.87. The van der Waals surface area contributed by atoms with Crippen LogP contribution in [0.5, 0.6) is 0 Å². The lowest BCUT2D eigenvalue weighted by Crippen LogP contribution is -2.65. The maximum absolute atomic E-state index is 13.0. The highest BCUT2D eigenvalue weighted by molar-refractivity contribution is 6.04. The number of carbonyl (C=O) groups excluding carboxylic acids is 2. The van der Waals surface area contributed by atoms with E-state index in [-0.39, 0.29) is 19.3 Å². The number of rotatable bonds is 4. The zero-order valence-electron chi connectivity index (χ0n) is 19.8. The third-order valence-corrected chi connectivity index (χ3v) is 8.25. The molecule has 0 aromatic heterocycles. The molecule has 8 nitrogen and oxygen atoms in total. The molecule has 1 aromatic rings. The number of fused-ring (bicyclic) bond motifs is 5. The van der Waals surface area contributed by atoms with Gasteiger partial charge < -0.3 is 20.1 Å². The second-order valence-electron chi connectivity index (χ2n) is 10.4. The van der Waals surface area contributed by atoms with Gasteiger partial charge in [0.25, 0.3) is 0 Å². The van der Waals surface area contributed by atoms with Crippen molar-refractivity contribution in [3.8, 4) is 0 Å². The van der Waals surface area contributed by atoms with Gasteiger partial charge in [0.2, 0.25) is 5.72 Å². The molecule has 1 saturated carbocycles. The van der Waals surface area contributed by atoms with Gasteiger partial charge in [-0.25, -0.2) is 0 Å². The van der Waals surface area contributed by atoms with E-state index < -0.39 is 59.0 Å². The number of nitrogens with zero attached hydrogens (tertiary/aromatic N) is 2. The maximum Gasteiger partial charge on any atom is 0.312 e. The molecule has 8 heteroatoms. The zero-order chi connectivity index (χ0) is 25.2. The first-order valence-electron chi connectivity index (χ1n) is 11.9. The smallest absolute Gasteiger partial charge is 0.312 e. The van der Waals surface area contributed by atoms with E-state index in [1.807, 2.05) is 30.3 Å². The van der Waals surface area contributed by atoms with E-state index in [9.17, 15) is 24.9 Å². The van der Waals surface area contributed by atoms with E-state index in [2.05, 4.69) is 16.8 Å². The summed E-state index contributed by atoms with van der Waals surface area (Å²) in [5, 5.41) is 42.5. The standard InChI is InChI=1S/C27H30N2O6/c1-15-9-21-25(33,24(15)32)13-19(14-30)10-20-23-17(3)28-29-26(23,12-16(2)27(20,21)34)35-22(31)11-18-7-5-4-6-8-18/h4-10,16,20-21,23,30,33-34H,3,11-14H2,1-2H3/t16-,20+,21-,23+,25-,26+,27-/m1/s1. The SMILES string of the molecule is C=C1N=N[C@]2(OC(=O)Cc3ccccc3)C[C@@H](C)[C@@]3(O)[C@@H](C=C(CO)C[C@]4(O)C(=O)C(C)=C[C@@H]34)[C@H]12. The van der Waals surface area contributed by atoms with Crippen molar-refractivity contribution in [1.82, 2.24) is 0 Å². The summed E-state index contributed by atoms with van der Waals surface area (Å²) in [5.41, 5.74) is -2.88. The van der Waals surface area contributed by atoms with Crippen molar-refractivity contribution in [2.45, 2.75) is 50.0 Å². The summed E-state index contributed by atoms with van der Waals surface area (Å²) in [4.78, 5) is 26.0. The number of ketones is 1. The van der Waals surface area contributed by atoms with Crippen molar-refractivity contribution in [1.29, 1.82) is 0 Å². The van der Waals surface area contributed by atoms with Crippen LogP contribution in [0.3, 0.4) is 0 Å². The number of hydrogen-bond donors (Lipinski definition) is 3. The molecule has 184 valence electrons.